The van der Waals surface area contributed by atoms with Crippen LogP contribution in [0.3, 0.4) is 0 Å². The number of nitrogens with one attached hydrogen (secondary N) is 2. The molecule has 2 rings (SSSR count). The minimum Gasteiger partial charge on any atom is -0.462 e. The summed E-state index contributed by atoms with van der Waals surface area (Å²) in [5.74, 6) is -2.68. The quantitative estimate of drug-likeness (QED) is 0.428. The molecule has 0 aromatic heterocycles. The largest absolute Gasteiger partial charge is 0.462 e. The van der Waals surface area contributed by atoms with E-state index in [9.17, 15) is 22.8 Å². The fourth-order valence-electron chi connectivity index (χ4n) is 2.50. The number of hydrogen-bond donors (Lipinski definition) is 2. The number of amides is 2. The summed E-state index contributed by atoms with van der Waals surface area (Å²) in [7, 11) is -3.16. The molecule has 26 heavy (non-hydrogen) atoms. The van der Waals surface area contributed by atoms with E-state index in [0.717, 1.165) is 12.8 Å². The molecule has 0 spiro atoms. The second-order valence-corrected chi connectivity index (χ2v) is 8.29. The molecule has 0 bridgehead atoms. The van der Waals surface area contributed by atoms with E-state index in [0.29, 0.717) is 0 Å². The molecule has 1 aromatic rings. The first-order chi connectivity index (χ1) is 12.3. The summed E-state index contributed by atoms with van der Waals surface area (Å²) in [6.45, 7) is 2.24. The standard InChI is InChI=1S/C17H22N2O6S/c1-2-3-9-25-17(22)13-6-4-5-7-14(13)19-16(21)15(20)18-12-8-10-26(23,24)11-12/h4-7,12H,2-3,8-11H2,1H3,(H,18,20)(H,19,21). The highest BCUT2D eigenvalue weighted by Gasteiger charge is 2.30. The molecule has 1 aliphatic rings. The van der Waals surface area contributed by atoms with Crippen LogP contribution in [0.5, 0.6) is 0 Å². The van der Waals surface area contributed by atoms with Crippen LogP contribution in [0.1, 0.15) is 36.5 Å². The molecule has 1 heterocycles. The molecule has 2 amide bonds. The smallest absolute Gasteiger partial charge is 0.340 e. The number of unbranched alkanes of at least 4 members (excludes halogenated alkanes) is 1. The van der Waals surface area contributed by atoms with Crippen LogP contribution in [-0.4, -0.2) is 50.4 Å². The Hall–Kier alpha value is -2.42. The fourth-order valence-corrected chi connectivity index (χ4v) is 4.17. The van der Waals surface area contributed by atoms with E-state index in [2.05, 4.69) is 10.6 Å². The van der Waals surface area contributed by atoms with E-state index in [1.807, 2.05) is 6.92 Å². The van der Waals surface area contributed by atoms with Crippen LogP contribution >= 0.6 is 0 Å². The van der Waals surface area contributed by atoms with Crippen molar-refractivity contribution in [2.45, 2.75) is 32.2 Å². The lowest BCUT2D eigenvalue weighted by Crippen LogP contribution is -2.42. The van der Waals surface area contributed by atoms with E-state index in [1.54, 1.807) is 12.1 Å². The van der Waals surface area contributed by atoms with Crippen molar-refractivity contribution in [1.82, 2.24) is 5.32 Å². The second kappa shape index (κ2) is 8.79. The zero-order valence-corrected chi connectivity index (χ0v) is 15.3. The second-order valence-electron chi connectivity index (χ2n) is 6.06. The topological polar surface area (TPSA) is 119 Å². The van der Waals surface area contributed by atoms with Crippen LogP contribution in [-0.2, 0) is 24.2 Å². The molecule has 1 fully saturated rings. The number of esters is 1. The minimum absolute atomic E-state index is 0.00794. The van der Waals surface area contributed by atoms with Gasteiger partial charge in [-0.3, -0.25) is 9.59 Å². The van der Waals surface area contributed by atoms with Gasteiger partial charge in [-0.25, -0.2) is 13.2 Å². The van der Waals surface area contributed by atoms with E-state index in [-0.39, 0.29) is 35.8 Å². The Balaban J connectivity index is 1.98. The number of sulfone groups is 1. The summed E-state index contributed by atoms with van der Waals surface area (Å²) in [5, 5.41) is 4.77. The molecule has 142 valence electrons. The molecule has 0 saturated carbocycles. The lowest BCUT2D eigenvalue weighted by atomic mass is 10.1. The van der Waals surface area contributed by atoms with Gasteiger partial charge in [0.25, 0.3) is 0 Å². The van der Waals surface area contributed by atoms with Gasteiger partial charge in [-0.2, -0.15) is 0 Å². The Kier molecular flexibility index (Phi) is 6.73. The molecule has 0 radical (unpaired) electrons. The van der Waals surface area contributed by atoms with Crippen molar-refractivity contribution in [3.8, 4) is 0 Å². The third-order valence-electron chi connectivity index (χ3n) is 3.90. The summed E-state index contributed by atoms with van der Waals surface area (Å²) >= 11 is 0. The zero-order valence-electron chi connectivity index (χ0n) is 14.5. The fraction of sp³-hybridized carbons (Fsp3) is 0.471. The third-order valence-corrected chi connectivity index (χ3v) is 5.67. The summed E-state index contributed by atoms with van der Waals surface area (Å²) in [5.41, 5.74) is 0.307. The molecule has 9 heteroatoms. The number of anilines is 1. The molecule has 1 aliphatic heterocycles. The molecule has 1 unspecified atom stereocenters. The lowest BCUT2D eigenvalue weighted by Gasteiger charge is -2.13. The first-order valence-corrected chi connectivity index (χ1v) is 10.2. The number of para-hydroxylation sites is 1. The van der Waals surface area contributed by atoms with Crippen LogP contribution in [0.4, 0.5) is 5.69 Å². The van der Waals surface area contributed by atoms with Crippen molar-refractivity contribution >= 4 is 33.3 Å². The predicted octanol–water partition coefficient (Wildman–Crippen LogP) is 0.885. The van der Waals surface area contributed by atoms with Crippen LogP contribution in [0, 0.1) is 0 Å². The van der Waals surface area contributed by atoms with Gasteiger partial charge in [-0.1, -0.05) is 25.5 Å². The maximum atomic E-state index is 12.1. The Bertz CT molecular complexity index is 790. The molecule has 8 nitrogen and oxygen atoms in total. The maximum absolute atomic E-state index is 12.1. The molecule has 1 saturated heterocycles. The molecular weight excluding hydrogens is 360 g/mol. The highest BCUT2D eigenvalue weighted by molar-refractivity contribution is 7.91. The summed E-state index contributed by atoms with van der Waals surface area (Å²) in [4.78, 5) is 36.1. The van der Waals surface area contributed by atoms with Crippen molar-refractivity contribution in [2.75, 3.05) is 23.4 Å². The van der Waals surface area contributed by atoms with Gasteiger partial charge in [0.1, 0.15) is 0 Å². The average Bonchev–Trinajstić information content (AvgIpc) is 2.94. The van der Waals surface area contributed by atoms with Gasteiger partial charge in [-0.15, -0.1) is 0 Å². The van der Waals surface area contributed by atoms with E-state index >= 15 is 0 Å². The van der Waals surface area contributed by atoms with Gasteiger partial charge in [0.2, 0.25) is 0 Å². The van der Waals surface area contributed by atoms with Crippen molar-refractivity contribution in [3.05, 3.63) is 29.8 Å². The zero-order chi connectivity index (χ0) is 19.2. The summed E-state index contributed by atoms with van der Waals surface area (Å²) in [6.07, 6.45) is 1.89. The van der Waals surface area contributed by atoms with Crippen LogP contribution in [0.15, 0.2) is 24.3 Å². The Morgan fingerprint density at radius 3 is 2.58 bits per heavy atom. The van der Waals surface area contributed by atoms with Crippen molar-refractivity contribution < 1.29 is 27.5 Å². The minimum atomic E-state index is -3.16. The highest BCUT2D eigenvalue weighted by Crippen LogP contribution is 2.17. The van der Waals surface area contributed by atoms with Gasteiger partial charge in [0.05, 0.1) is 29.4 Å². The number of ether oxygens (including phenoxy) is 1. The number of hydrogen-bond acceptors (Lipinski definition) is 6. The monoisotopic (exact) mass is 382 g/mol. The van der Waals surface area contributed by atoms with Crippen molar-refractivity contribution in [1.29, 1.82) is 0 Å². The first-order valence-electron chi connectivity index (χ1n) is 8.41. The first kappa shape index (κ1) is 19.9. The lowest BCUT2D eigenvalue weighted by molar-refractivity contribution is -0.136. The van der Waals surface area contributed by atoms with Crippen LogP contribution in [0.2, 0.25) is 0 Å². The molecular formula is C17H22N2O6S. The summed E-state index contributed by atoms with van der Waals surface area (Å²) < 4.78 is 27.9. The molecule has 1 atom stereocenters. The van der Waals surface area contributed by atoms with Crippen LogP contribution < -0.4 is 10.6 Å². The normalized spacial score (nSPS) is 18.1. The molecule has 2 N–H and O–H groups in total. The highest BCUT2D eigenvalue weighted by atomic mass is 32.2. The SMILES string of the molecule is CCCCOC(=O)c1ccccc1NC(=O)C(=O)NC1CCS(=O)(=O)C1. The Labute approximate surface area is 152 Å². The third kappa shape index (κ3) is 5.55. The number of carbonyl (C=O) groups excluding carboxylic acids is 3. The van der Waals surface area contributed by atoms with Crippen molar-refractivity contribution in [3.63, 3.8) is 0 Å². The van der Waals surface area contributed by atoms with Gasteiger partial charge >= 0.3 is 17.8 Å². The Morgan fingerprint density at radius 1 is 1.19 bits per heavy atom. The number of carbonyl (C=O) groups is 3. The molecule has 1 aromatic carbocycles. The van der Waals surface area contributed by atoms with E-state index < -0.39 is 33.7 Å². The molecule has 0 aliphatic carbocycles. The maximum Gasteiger partial charge on any atom is 0.340 e. The van der Waals surface area contributed by atoms with Crippen LogP contribution in [0.25, 0.3) is 0 Å². The van der Waals surface area contributed by atoms with Gasteiger partial charge in [0, 0.05) is 6.04 Å². The van der Waals surface area contributed by atoms with Gasteiger partial charge < -0.3 is 15.4 Å². The predicted molar refractivity (Wildman–Crippen MR) is 95.5 cm³/mol. The van der Waals surface area contributed by atoms with Gasteiger partial charge in [0.15, 0.2) is 9.84 Å². The number of rotatable bonds is 6. The van der Waals surface area contributed by atoms with Crippen molar-refractivity contribution in [2.24, 2.45) is 0 Å². The van der Waals surface area contributed by atoms with E-state index in [1.165, 1.54) is 12.1 Å². The summed E-state index contributed by atoms with van der Waals surface area (Å²) in [6, 6.07) is 5.63. The average molecular weight is 382 g/mol. The van der Waals surface area contributed by atoms with E-state index in [4.69, 9.17) is 4.74 Å². The number of benzene rings is 1. The Morgan fingerprint density at radius 2 is 1.92 bits per heavy atom. The van der Waals surface area contributed by atoms with Gasteiger partial charge in [-0.05, 0) is 25.0 Å².